The van der Waals surface area contributed by atoms with Crippen LogP contribution in [-0.2, 0) is 85.6 Å². The molecule has 0 bridgehead atoms. The minimum atomic E-state index is -2.02. The van der Waals surface area contributed by atoms with Gasteiger partial charge in [0.05, 0.1) is 101 Å². The highest BCUT2D eigenvalue weighted by atomic mass is 16.7. The molecule has 0 aliphatic carbocycles. The van der Waals surface area contributed by atoms with Gasteiger partial charge in [-0.1, -0.05) is 152 Å². The highest BCUT2D eigenvalue weighted by Crippen LogP contribution is 2.45. The van der Waals surface area contributed by atoms with Gasteiger partial charge in [-0.2, -0.15) is 0 Å². The van der Waals surface area contributed by atoms with Crippen LogP contribution in [0.2, 0.25) is 0 Å². The third-order valence-electron chi connectivity index (χ3n) is 27.9. The second-order valence-corrected chi connectivity index (χ2v) is 39.1. The molecular formula is C92H168N2O27. The Bertz CT molecular complexity index is 3110. The Labute approximate surface area is 725 Å². The van der Waals surface area contributed by atoms with Crippen LogP contribution in [0.3, 0.4) is 0 Å². The number of methoxy groups -OCH3 is 2. The van der Waals surface area contributed by atoms with Crippen molar-refractivity contribution < 1.29 is 132 Å². The fraction of sp³-hybridized carbons (Fsp3) is 0.946. The van der Waals surface area contributed by atoms with Crippen molar-refractivity contribution >= 4 is 29.5 Å². The number of hydrogen-bond donors (Lipinski definition) is 9. The first-order valence-corrected chi connectivity index (χ1v) is 45.9. The van der Waals surface area contributed by atoms with Crippen LogP contribution >= 0.6 is 0 Å². The largest absolute Gasteiger partial charge is 0.459 e. The predicted octanol–water partition coefficient (Wildman–Crippen LogP) is 10.4. The number of aliphatic hydroxyl groups excluding tert-OH is 5. The molecule has 6 aliphatic rings. The molecular weight excluding hydrogens is 1560 g/mol. The van der Waals surface area contributed by atoms with Crippen LogP contribution in [0.4, 0.5) is 0 Å². The minimum Gasteiger partial charge on any atom is -0.459 e. The van der Waals surface area contributed by atoms with E-state index in [0.717, 1.165) is 19.3 Å². The lowest BCUT2D eigenvalue weighted by Crippen LogP contribution is -2.61. The SMILES string of the molecule is CCCCCCCCCCCCCCCCCC(=O)O[C@H]1[C@H](O[C@@H]2[C@@H](C)[C@H](O[C@H]3C[C@@](C)(OC)[C@@H](O)[C@H](C)O3)[C@@H](C)C(=O)O[C@H](CC)[C@@](C)(O)[C@H](O)[C@@H](C)C(=O)[C@H](C)C[C@@]2(C)O)O[C@H](C)C[C@@H]1N(C)C.CC[C@H]1OC(=O)[C@H](C)[C@@H](O[C@H]2C[C@@](C)(OC)[C@@H](O)[C@H](C)O2)[C@H](C)[C@@H](O[C@@H]2O[C@H](C)C[C@H](N(C)C)[C@H]2O)[C@](C)(O)C[C@@H](C)C(=O)[C@H](C)[C@@H](O)[C@]1(C)O. The van der Waals surface area contributed by atoms with Crippen molar-refractivity contribution in [3.8, 4) is 0 Å². The van der Waals surface area contributed by atoms with E-state index in [0.29, 0.717) is 19.3 Å². The van der Waals surface area contributed by atoms with Crippen molar-refractivity contribution in [1.82, 2.24) is 9.80 Å². The number of carbonyl (C=O) groups is 5. The molecule has 0 unspecified atom stereocenters. The molecule has 0 saturated carbocycles. The maximum Gasteiger partial charge on any atom is 0.311 e. The number of ketones is 2. The molecule has 9 N–H and O–H groups in total. The number of esters is 3. The zero-order chi connectivity index (χ0) is 91.5. The van der Waals surface area contributed by atoms with E-state index in [2.05, 4.69) is 6.92 Å². The fourth-order valence-electron chi connectivity index (χ4n) is 19.8. The lowest BCUT2D eigenvalue weighted by Gasteiger charge is -2.49. The Morgan fingerprint density at radius 1 is 0.430 bits per heavy atom. The number of likely N-dealkylation sites (N-methyl/N-ethyl adjacent to an activating group) is 2. The number of ether oxygens (including phenoxy) is 13. The molecule has 6 fully saturated rings. The van der Waals surface area contributed by atoms with Crippen molar-refractivity contribution in [3.05, 3.63) is 0 Å². The van der Waals surface area contributed by atoms with E-state index in [4.69, 9.17) is 61.6 Å². The van der Waals surface area contributed by atoms with Crippen LogP contribution in [0.25, 0.3) is 0 Å². The van der Waals surface area contributed by atoms with Gasteiger partial charge >= 0.3 is 17.9 Å². The molecule has 708 valence electrons. The van der Waals surface area contributed by atoms with Crippen LogP contribution in [0.5, 0.6) is 0 Å². The average molecular weight is 1730 g/mol. The number of rotatable bonds is 31. The number of unbranched alkanes of at least 4 members (excludes halogenated alkanes) is 14. The smallest absolute Gasteiger partial charge is 0.311 e. The number of nitrogens with zero attached hydrogens (tertiary/aromatic N) is 2. The lowest BCUT2D eigenvalue weighted by atomic mass is 9.74. The van der Waals surface area contributed by atoms with Crippen molar-refractivity contribution in [2.24, 2.45) is 47.3 Å². The van der Waals surface area contributed by atoms with Crippen LogP contribution in [0.15, 0.2) is 0 Å². The van der Waals surface area contributed by atoms with Gasteiger partial charge in [-0.15, -0.1) is 0 Å². The highest BCUT2D eigenvalue weighted by Gasteiger charge is 2.58. The van der Waals surface area contributed by atoms with E-state index in [1.54, 1.807) is 90.0 Å². The van der Waals surface area contributed by atoms with Gasteiger partial charge in [0.15, 0.2) is 31.3 Å². The summed E-state index contributed by atoms with van der Waals surface area (Å²) in [6.45, 7) is 35.1. The van der Waals surface area contributed by atoms with Crippen LogP contribution in [0, 0.1) is 47.3 Å². The summed E-state index contributed by atoms with van der Waals surface area (Å²) in [6.07, 6.45) is -1.05. The van der Waals surface area contributed by atoms with Crippen molar-refractivity contribution in [3.63, 3.8) is 0 Å². The van der Waals surface area contributed by atoms with Crippen LogP contribution in [0.1, 0.15) is 299 Å². The molecule has 6 aliphatic heterocycles. The van der Waals surface area contributed by atoms with Crippen LogP contribution < -0.4 is 0 Å². The zero-order valence-electron chi connectivity index (χ0n) is 79.1. The van der Waals surface area contributed by atoms with Crippen molar-refractivity contribution in [1.29, 1.82) is 0 Å². The van der Waals surface area contributed by atoms with E-state index < -0.39 is 215 Å². The topological polar surface area (TPSA) is 394 Å². The second kappa shape index (κ2) is 48.0. The van der Waals surface area contributed by atoms with Gasteiger partial charge in [-0.25, -0.2) is 0 Å². The Kier molecular flexibility index (Phi) is 43.0. The molecule has 0 amide bonds. The number of carbonyl (C=O) groups excluding carboxylic acids is 5. The van der Waals surface area contributed by atoms with Crippen molar-refractivity contribution in [2.45, 2.75) is 468 Å². The first-order valence-electron chi connectivity index (χ1n) is 45.9. The molecule has 6 saturated heterocycles. The maximum atomic E-state index is 14.4. The van der Waals surface area contributed by atoms with Gasteiger partial charge in [0.2, 0.25) is 0 Å². The Morgan fingerprint density at radius 2 is 0.769 bits per heavy atom. The molecule has 29 heteroatoms. The lowest BCUT2D eigenvalue weighted by molar-refractivity contribution is -0.319. The molecule has 0 spiro atoms. The van der Waals surface area contributed by atoms with E-state index in [-0.39, 0.29) is 75.2 Å². The van der Waals surface area contributed by atoms with E-state index in [1.807, 2.05) is 51.8 Å². The Hall–Kier alpha value is -3.09. The molecule has 0 aromatic carbocycles. The molecule has 121 heavy (non-hydrogen) atoms. The summed E-state index contributed by atoms with van der Waals surface area (Å²) in [4.78, 5) is 74.1. The number of cyclic esters (lactones) is 2. The van der Waals surface area contributed by atoms with E-state index in [1.165, 1.54) is 119 Å². The predicted molar refractivity (Wildman–Crippen MR) is 456 cm³/mol. The zero-order valence-corrected chi connectivity index (χ0v) is 79.1. The summed E-state index contributed by atoms with van der Waals surface area (Å²) in [7, 11) is 10.5. The third-order valence-corrected chi connectivity index (χ3v) is 27.9. The summed E-state index contributed by atoms with van der Waals surface area (Å²) >= 11 is 0. The first-order chi connectivity index (χ1) is 56.3. The molecule has 6 rings (SSSR count). The van der Waals surface area contributed by atoms with Gasteiger partial charge in [0.25, 0.3) is 0 Å². The average Bonchev–Trinajstić information content (AvgIpc) is 0.769. The summed E-state index contributed by atoms with van der Waals surface area (Å²) in [5.41, 5.74) is -9.78. The third kappa shape index (κ3) is 28.7. The molecule has 6 heterocycles. The summed E-state index contributed by atoms with van der Waals surface area (Å²) in [5.74, 6) is -10.5. The standard InChI is InChI=1S/C55H101NO14.C37H67NO13/c1-15-17-18-19-20-21-22-23-24-25-26-27-28-29-30-31-43(57)68-47-41(56(12)13)32-36(4)65-52(47)70-50-38(6)46(69-44-34-54(10,64-14)49(60)40(8)66-44)39(7)51(61)67-42(16-2)55(11,63)48(59)37(5)45(58)35(3)33-53(50,9)62;1-14-25-37(10,45)30(41)20(4)27(39)18(2)16-35(8,44)32(51-34-28(40)24(38(11)12)15-19(3)47-34)21(5)29(22(6)33(43)49-25)50-26-17-36(9,46-13)31(42)23(7)48-26/h35-42,44,46-50,52,59-60,62-63H,15-34H2,1-14H3;18-26,28-32,34,40-42,44-45H,14-17H2,1-13H3/t35-,36-,37+,38+,39-,40+,41+,42-,44+,46+,47-,48-,49+,50-,52+,53-,54-,55-;18-,19-,20+,21+,22-,23+,24+,25-,26+,28-,29+,30-,31+,32-,34+,35-,36-,37-/m11/s1. The Morgan fingerprint density at radius 3 is 1.12 bits per heavy atom. The molecule has 0 radical (unpaired) electrons. The molecule has 29 nitrogen and oxygen atoms in total. The number of aliphatic hydroxyl groups is 9. The van der Waals surface area contributed by atoms with E-state index >= 15 is 0 Å². The Balaban J connectivity index is 0.000000452. The monoisotopic (exact) mass is 1730 g/mol. The summed E-state index contributed by atoms with van der Waals surface area (Å²) in [6, 6.07) is -0.648. The quantitative estimate of drug-likeness (QED) is 0.0177. The number of Topliss-reactive ketones (excluding diaryl/α,β-unsaturated/α-hetero) is 2. The van der Waals surface area contributed by atoms with E-state index in [9.17, 15) is 69.9 Å². The van der Waals surface area contributed by atoms with Gasteiger partial charge in [0, 0.05) is 75.0 Å². The second-order valence-electron chi connectivity index (χ2n) is 39.1. The summed E-state index contributed by atoms with van der Waals surface area (Å²) < 4.78 is 81.7. The van der Waals surface area contributed by atoms with Gasteiger partial charge < -0.3 is 117 Å². The number of hydrogen-bond acceptors (Lipinski definition) is 29. The van der Waals surface area contributed by atoms with Crippen molar-refractivity contribution in [2.75, 3.05) is 42.4 Å². The minimum absolute atomic E-state index is 0.0783. The first kappa shape index (κ1) is 108. The maximum absolute atomic E-state index is 14.4. The molecule has 0 aromatic heterocycles. The normalized spacial score (nSPS) is 43.8. The molecule has 0 aromatic rings. The fourth-order valence-corrected chi connectivity index (χ4v) is 19.8. The molecule has 36 atom stereocenters. The van der Waals surface area contributed by atoms with Gasteiger partial charge in [-0.3, -0.25) is 24.0 Å². The van der Waals surface area contributed by atoms with Gasteiger partial charge in [0.1, 0.15) is 53.3 Å². The van der Waals surface area contributed by atoms with Gasteiger partial charge in [-0.05, 0) is 156 Å². The summed E-state index contributed by atoms with van der Waals surface area (Å²) in [5, 5.41) is 105. The highest BCUT2D eigenvalue weighted by molar-refractivity contribution is 5.84. The van der Waals surface area contributed by atoms with Crippen LogP contribution in [-0.4, -0.2) is 296 Å².